The third-order valence-corrected chi connectivity index (χ3v) is 6.06. The van der Waals surface area contributed by atoms with Crippen molar-refractivity contribution in [1.29, 1.82) is 0 Å². The van der Waals surface area contributed by atoms with E-state index in [1.54, 1.807) is 0 Å². The van der Waals surface area contributed by atoms with Crippen LogP contribution in [-0.2, 0) is 13.0 Å². The highest BCUT2D eigenvalue weighted by Crippen LogP contribution is 2.30. The molecule has 1 fully saturated rings. The molecule has 2 aliphatic rings. The molecule has 0 N–H and O–H groups in total. The monoisotopic (exact) mass is 386 g/mol. The molecule has 0 bridgehead atoms. The van der Waals surface area contributed by atoms with Crippen LogP contribution >= 0.6 is 0 Å². The molecule has 1 amide bonds. The van der Waals surface area contributed by atoms with E-state index < -0.39 is 0 Å². The van der Waals surface area contributed by atoms with Crippen molar-refractivity contribution in [1.82, 2.24) is 29.7 Å². The van der Waals surface area contributed by atoms with E-state index in [-0.39, 0.29) is 11.8 Å². The van der Waals surface area contributed by atoms with E-state index in [4.69, 9.17) is 4.52 Å². The van der Waals surface area contributed by atoms with Gasteiger partial charge in [0.2, 0.25) is 0 Å². The summed E-state index contributed by atoms with van der Waals surface area (Å²) >= 11 is 0. The summed E-state index contributed by atoms with van der Waals surface area (Å²) in [7, 11) is 2.17. The number of carbonyl (C=O) groups is 1. The Morgan fingerprint density at radius 3 is 2.71 bits per heavy atom. The Morgan fingerprint density at radius 1 is 1.14 bits per heavy atom. The first-order valence-corrected chi connectivity index (χ1v) is 10.3. The van der Waals surface area contributed by atoms with E-state index in [1.165, 1.54) is 12.8 Å². The number of piperidine rings is 1. The van der Waals surface area contributed by atoms with Crippen LogP contribution in [0.3, 0.4) is 0 Å². The summed E-state index contributed by atoms with van der Waals surface area (Å²) in [5.74, 6) is 2.79. The van der Waals surface area contributed by atoms with Crippen LogP contribution in [0.1, 0.15) is 78.5 Å². The molecule has 1 atom stereocenters. The molecule has 0 spiro atoms. The van der Waals surface area contributed by atoms with Gasteiger partial charge in [-0.05, 0) is 39.3 Å². The first kappa shape index (κ1) is 19.1. The Morgan fingerprint density at radius 2 is 1.96 bits per heavy atom. The third-order valence-electron chi connectivity index (χ3n) is 6.06. The second kappa shape index (κ2) is 7.66. The molecule has 8 nitrogen and oxygen atoms in total. The van der Waals surface area contributed by atoms with E-state index in [9.17, 15) is 4.79 Å². The molecule has 152 valence electrons. The number of hydrogen-bond donors (Lipinski definition) is 0. The van der Waals surface area contributed by atoms with Crippen LogP contribution in [-0.4, -0.2) is 62.3 Å². The summed E-state index contributed by atoms with van der Waals surface area (Å²) in [5, 5.41) is 13.1. The van der Waals surface area contributed by atoms with Gasteiger partial charge in [0.05, 0.1) is 11.7 Å². The lowest BCUT2D eigenvalue weighted by Crippen LogP contribution is -2.35. The van der Waals surface area contributed by atoms with E-state index in [1.807, 2.05) is 25.7 Å². The molecule has 2 aromatic heterocycles. The lowest BCUT2D eigenvalue weighted by atomic mass is 10.0. The lowest BCUT2D eigenvalue weighted by Gasteiger charge is -2.32. The second-order valence-electron chi connectivity index (χ2n) is 8.31. The summed E-state index contributed by atoms with van der Waals surface area (Å²) in [6.07, 6.45) is 4.31. The van der Waals surface area contributed by atoms with Crippen LogP contribution < -0.4 is 0 Å². The quantitative estimate of drug-likeness (QED) is 0.806. The molecular weight excluding hydrogens is 356 g/mol. The standard InChI is InChI=1S/C20H30N6O2/c1-13(2)18-17(14(3)28-23-18)20(27)25-10-8-16-21-22-19(26(16)12-11-25)15-7-5-6-9-24(15)4/h13,15H,5-12H2,1-4H3/t15-/m1/s1. The maximum absolute atomic E-state index is 13.2. The van der Waals surface area contributed by atoms with E-state index in [2.05, 4.69) is 31.9 Å². The van der Waals surface area contributed by atoms with Crippen molar-refractivity contribution in [3.05, 3.63) is 28.7 Å². The molecule has 0 radical (unpaired) electrons. The molecule has 28 heavy (non-hydrogen) atoms. The van der Waals surface area contributed by atoms with Gasteiger partial charge in [-0.3, -0.25) is 9.69 Å². The van der Waals surface area contributed by atoms with E-state index in [0.29, 0.717) is 30.5 Å². The molecule has 4 rings (SSSR count). The Balaban J connectivity index is 1.54. The predicted molar refractivity (Wildman–Crippen MR) is 104 cm³/mol. The molecule has 1 saturated heterocycles. The maximum Gasteiger partial charge on any atom is 0.259 e. The molecule has 0 aromatic carbocycles. The zero-order valence-corrected chi connectivity index (χ0v) is 17.3. The largest absolute Gasteiger partial charge is 0.361 e. The second-order valence-corrected chi connectivity index (χ2v) is 8.31. The number of nitrogens with zero attached hydrogens (tertiary/aromatic N) is 6. The van der Waals surface area contributed by atoms with Crippen molar-refractivity contribution in [2.45, 2.75) is 65.0 Å². The van der Waals surface area contributed by atoms with Crippen molar-refractivity contribution in [3.63, 3.8) is 0 Å². The van der Waals surface area contributed by atoms with Gasteiger partial charge < -0.3 is 14.0 Å². The summed E-state index contributed by atoms with van der Waals surface area (Å²) in [6, 6.07) is 0.324. The maximum atomic E-state index is 13.2. The van der Waals surface area contributed by atoms with Crippen molar-refractivity contribution in [3.8, 4) is 0 Å². The van der Waals surface area contributed by atoms with Gasteiger partial charge in [0, 0.05) is 26.1 Å². The van der Waals surface area contributed by atoms with Crippen LogP contribution in [0.2, 0.25) is 0 Å². The highest BCUT2D eigenvalue weighted by molar-refractivity contribution is 5.96. The Kier molecular flexibility index (Phi) is 5.23. The zero-order valence-electron chi connectivity index (χ0n) is 17.3. The van der Waals surface area contributed by atoms with Crippen LogP contribution in [0, 0.1) is 6.92 Å². The highest BCUT2D eigenvalue weighted by atomic mass is 16.5. The van der Waals surface area contributed by atoms with Gasteiger partial charge in [-0.25, -0.2) is 0 Å². The van der Waals surface area contributed by atoms with Gasteiger partial charge in [0.15, 0.2) is 0 Å². The van der Waals surface area contributed by atoms with Gasteiger partial charge in [0.25, 0.3) is 5.91 Å². The fourth-order valence-corrected chi connectivity index (χ4v) is 4.40. The lowest BCUT2D eigenvalue weighted by molar-refractivity contribution is 0.0754. The van der Waals surface area contributed by atoms with Gasteiger partial charge in [0.1, 0.15) is 23.0 Å². The smallest absolute Gasteiger partial charge is 0.259 e. The number of hydrogen-bond acceptors (Lipinski definition) is 6. The Bertz CT molecular complexity index is 855. The minimum Gasteiger partial charge on any atom is -0.361 e. The van der Waals surface area contributed by atoms with Crippen LogP contribution in [0.4, 0.5) is 0 Å². The number of fused-ring (bicyclic) bond motifs is 1. The summed E-state index contributed by atoms with van der Waals surface area (Å²) < 4.78 is 7.57. The zero-order chi connectivity index (χ0) is 19.8. The van der Waals surface area contributed by atoms with Gasteiger partial charge in [-0.15, -0.1) is 10.2 Å². The molecule has 2 aliphatic heterocycles. The van der Waals surface area contributed by atoms with Crippen LogP contribution in [0.15, 0.2) is 4.52 Å². The highest BCUT2D eigenvalue weighted by Gasteiger charge is 2.31. The molecular formula is C20H30N6O2. The SMILES string of the molecule is Cc1onc(C(C)C)c1C(=O)N1CCc2nnc([C@H]3CCCCN3C)n2CC1. The summed E-state index contributed by atoms with van der Waals surface area (Å²) in [4.78, 5) is 17.5. The van der Waals surface area contributed by atoms with Crippen LogP contribution in [0.25, 0.3) is 0 Å². The van der Waals surface area contributed by atoms with E-state index in [0.717, 1.165) is 43.3 Å². The first-order valence-electron chi connectivity index (χ1n) is 10.3. The van der Waals surface area contributed by atoms with Crippen molar-refractivity contribution < 1.29 is 9.32 Å². The van der Waals surface area contributed by atoms with Gasteiger partial charge in [-0.1, -0.05) is 25.4 Å². The normalized spacial score (nSPS) is 21.0. The fourth-order valence-electron chi connectivity index (χ4n) is 4.40. The molecule has 8 heteroatoms. The summed E-state index contributed by atoms with van der Waals surface area (Å²) in [6.45, 7) is 9.00. The van der Waals surface area contributed by atoms with Crippen LogP contribution in [0.5, 0.6) is 0 Å². The molecule has 2 aromatic rings. The van der Waals surface area contributed by atoms with Crippen molar-refractivity contribution in [2.75, 3.05) is 26.7 Å². The number of rotatable bonds is 3. The fraction of sp³-hybridized carbons (Fsp3) is 0.700. The molecule has 0 aliphatic carbocycles. The van der Waals surface area contributed by atoms with Gasteiger partial charge >= 0.3 is 0 Å². The first-order chi connectivity index (χ1) is 13.5. The topological polar surface area (TPSA) is 80.3 Å². The number of aryl methyl sites for hydroxylation is 1. The summed E-state index contributed by atoms with van der Waals surface area (Å²) in [5.41, 5.74) is 1.37. The minimum absolute atomic E-state index is 0.0116. The van der Waals surface area contributed by atoms with Crippen molar-refractivity contribution >= 4 is 5.91 Å². The predicted octanol–water partition coefficient (Wildman–Crippen LogP) is 2.55. The number of carbonyl (C=O) groups excluding carboxylic acids is 1. The average Bonchev–Trinajstić information content (AvgIpc) is 3.19. The third kappa shape index (κ3) is 3.34. The van der Waals surface area contributed by atoms with Crippen molar-refractivity contribution in [2.24, 2.45) is 0 Å². The molecule has 0 unspecified atom stereocenters. The minimum atomic E-state index is 0.0116. The Hall–Kier alpha value is -2.22. The molecule has 4 heterocycles. The number of amides is 1. The Labute approximate surface area is 165 Å². The number of aromatic nitrogens is 4. The average molecular weight is 387 g/mol. The molecule has 0 saturated carbocycles. The number of likely N-dealkylation sites (tertiary alicyclic amines) is 1. The van der Waals surface area contributed by atoms with Gasteiger partial charge in [-0.2, -0.15) is 0 Å². The van der Waals surface area contributed by atoms with E-state index >= 15 is 0 Å².